The molecule has 0 aromatic rings. The first-order chi connectivity index (χ1) is 7.92. The fourth-order valence-corrected chi connectivity index (χ4v) is 1.81. The van der Waals surface area contributed by atoms with Crippen molar-refractivity contribution in [2.24, 2.45) is 10.5 Å². The molecule has 0 amide bonds. The summed E-state index contributed by atoms with van der Waals surface area (Å²) in [7, 11) is -3.64. The normalized spacial score (nSPS) is 14.6. The van der Waals surface area contributed by atoms with Crippen LogP contribution in [0.5, 0.6) is 0 Å². The summed E-state index contributed by atoms with van der Waals surface area (Å²) in [6.07, 6.45) is 2.75. The molecule has 0 bridgehead atoms. The van der Waals surface area contributed by atoms with Gasteiger partial charge in [0.05, 0.1) is 4.75 Å². The van der Waals surface area contributed by atoms with E-state index >= 15 is 0 Å². The van der Waals surface area contributed by atoms with Gasteiger partial charge < -0.3 is 0 Å². The second kappa shape index (κ2) is 5.53. The van der Waals surface area contributed by atoms with Crippen LogP contribution in [0, 0.1) is 16.7 Å². The van der Waals surface area contributed by atoms with Gasteiger partial charge in [-0.25, -0.2) is 8.42 Å². The van der Waals surface area contributed by atoms with Gasteiger partial charge >= 0.3 is 0 Å². The Hall–Kier alpha value is -1.35. The lowest BCUT2D eigenvalue weighted by atomic mass is 9.99. The van der Waals surface area contributed by atoms with Crippen molar-refractivity contribution in [3.63, 3.8) is 0 Å². The first kappa shape index (κ1) is 16.6. The highest BCUT2D eigenvalue weighted by atomic mass is 32.2. The Labute approximate surface area is 109 Å². The largest absolute Gasteiger partial charge is 0.284 e. The molecular weight excluding hydrogens is 250 g/mol. The summed E-state index contributed by atoms with van der Waals surface area (Å²) >= 11 is 0. The smallest absolute Gasteiger partial charge is 0.194 e. The molecular formula is C12H21N3O2S. The minimum atomic E-state index is -3.64. The van der Waals surface area contributed by atoms with Crippen molar-refractivity contribution in [2.75, 3.05) is 0 Å². The summed E-state index contributed by atoms with van der Waals surface area (Å²) in [5.74, 6) is 0. The summed E-state index contributed by atoms with van der Waals surface area (Å²) in [4.78, 5) is -0.318. The molecule has 18 heavy (non-hydrogen) atoms. The van der Waals surface area contributed by atoms with Gasteiger partial charge in [-0.3, -0.25) is 5.43 Å². The third-order valence-corrected chi connectivity index (χ3v) is 4.33. The van der Waals surface area contributed by atoms with E-state index in [1.54, 1.807) is 33.1 Å². The molecule has 102 valence electrons. The van der Waals surface area contributed by atoms with Crippen molar-refractivity contribution >= 4 is 16.1 Å². The quantitative estimate of drug-likeness (QED) is 0.484. The van der Waals surface area contributed by atoms with Crippen molar-refractivity contribution in [1.82, 2.24) is 5.43 Å². The summed E-state index contributed by atoms with van der Waals surface area (Å²) in [6, 6.07) is 1.68. The van der Waals surface area contributed by atoms with Crippen LogP contribution >= 0.6 is 0 Å². The van der Waals surface area contributed by atoms with Crippen LogP contribution in [0.1, 0.15) is 41.5 Å². The molecule has 5 nitrogen and oxygen atoms in total. The van der Waals surface area contributed by atoms with Gasteiger partial charge in [0.25, 0.3) is 0 Å². The fourth-order valence-electron chi connectivity index (χ4n) is 0.827. The van der Waals surface area contributed by atoms with Crippen LogP contribution in [0.4, 0.5) is 0 Å². The van der Waals surface area contributed by atoms with Gasteiger partial charge in [-0.05, 0) is 26.2 Å². The second-order valence-electron chi connectivity index (χ2n) is 5.99. The molecule has 0 aliphatic carbocycles. The van der Waals surface area contributed by atoms with Crippen LogP contribution in [0.3, 0.4) is 0 Å². The third-order valence-electron chi connectivity index (χ3n) is 1.93. The Morgan fingerprint density at radius 2 is 1.72 bits per heavy atom. The lowest BCUT2D eigenvalue weighted by Crippen LogP contribution is -2.29. The third kappa shape index (κ3) is 4.88. The molecule has 0 heterocycles. The number of hydrogen-bond donors (Lipinski definition) is 1. The van der Waals surface area contributed by atoms with Gasteiger partial charge in [0, 0.05) is 12.4 Å². The molecule has 0 saturated heterocycles. The minimum Gasteiger partial charge on any atom is -0.284 e. The molecule has 0 fully saturated rings. The highest BCUT2D eigenvalue weighted by Crippen LogP contribution is 2.22. The van der Waals surface area contributed by atoms with Crippen molar-refractivity contribution < 1.29 is 8.42 Å². The maximum atomic E-state index is 12.0. The molecule has 6 heteroatoms. The van der Waals surface area contributed by atoms with Gasteiger partial charge in [-0.2, -0.15) is 10.4 Å². The predicted octanol–water partition coefficient (Wildman–Crippen LogP) is 2.19. The molecule has 0 aliphatic rings. The Balaban J connectivity index is 5.06. The summed E-state index contributed by atoms with van der Waals surface area (Å²) in [5.41, 5.74) is 2.36. The van der Waals surface area contributed by atoms with Gasteiger partial charge in [-0.15, -0.1) is 0 Å². The number of nitrogens with one attached hydrogen (secondary N) is 1. The van der Waals surface area contributed by atoms with Gasteiger partial charge in [0.1, 0.15) is 6.07 Å². The van der Waals surface area contributed by atoms with Gasteiger partial charge in [-0.1, -0.05) is 20.8 Å². The zero-order valence-electron chi connectivity index (χ0n) is 11.8. The standard InChI is InChI=1S/C12H21N3O2S/c1-11(2,3)9-15-14-8-10(7-13)18(16,17)12(4,5)6/h8-9,14H,1-6H3/b10-8+,15-9-. The molecule has 1 N–H and O–H groups in total. The second-order valence-corrected chi connectivity index (χ2v) is 8.66. The van der Waals surface area contributed by atoms with E-state index in [4.69, 9.17) is 5.26 Å². The molecule has 0 aliphatic heterocycles. The summed E-state index contributed by atoms with van der Waals surface area (Å²) in [5, 5.41) is 12.8. The molecule has 0 rings (SSSR count). The monoisotopic (exact) mass is 271 g/mol. The molecule has 0 aromatic carbocycles. The molecule has 0 radical (unpaired) electrons. The van der Waals surface area contributed by atoms with E-state index in [0.717, 1.165) is 6.20 Å². The van der Waals surface area contributed by atoms with Crippen LogP contribution in [-0.4, -0.2) is 19.4 Å². The number of rotatable bonds is 3. The summed E-state index contributed by atoms with van der Waals surface area (Å²) in [6.45, 7) is 10.5. The van der Waals surface area contributed by atoms with Gasteiger partial charge in [0.15, 0.2) is 14.7 Å². The Kier molecular flexibility index (Phi) is 5.11. The van der Waals surface area contributed by atoms with Crippen LogP contribution in [0.15, 0.2) is 16.2 Å². The Bertz CT molecular complexity index is 483. The molecule has 0 saturated carbocycles. The topological polar surface area (TPSA) is 82.3 Å². The Morgan fingerprint density at radius 1 is 1.22 bits per heavy atom. The van der Waals surface area contributed by atoms with E-state index < -0.39 is 14.6 Å². The van der Waals surface area contributed by atoms with E-state index in [1.165, 1.54) is 0 Å². The maximum Gasteiger partial charge on any atom is 0.194 e. The predicted molar refractivity (Wildman–Crippen MR) is 73.5 cm³/mol. The van der Waals surface area contributed by atoms with E-state index in [2.05, 4.69) is 10.5 Å². The van der Waals surface area contributed by atoms with Crippen molar-refractivity contribution in [2.45, 2.75) is 46.3 Å². The minimum absolute atomic E-state index is 0.115. The molecule has 0 aromatic heterocycles. The van der Waals surface area contributed by atoms with Crippen molar-refractivity contribution in [3.8, 4) is 6.07 Å². The van der Waals surface area contributed by atoms with Crippen molar-refractivity contribution in [3.05, 3.63) is 11.1 Å². The molecule has 0 unspecified atom stereocenters. The fraction of sp³-hybridized carbons (Fsp3) is 0.667. The van der Waals surface area contributed by atoms with E-state index in [0.29, 0.717) is 0 Å². The number of sulfone groups is 1. The average Bonchev–Trinajstić information content (AvgIpc) is 2.13. The van der Waals surface area contributed by atoms with E-state index in [9.17, 15) is 8.42 Å². The van der Waals surface area contributed by atoms with Crippen LogP contribution in [-0.2, 0) is 9.84 Å². The summed E-state index contributed by atoms with van der Waals surface area (Å²) < 4.78 is 23.0. The van der Waals surface area contributed by atoms with Crippen LogP contribution in [0.2, 0.25) is 0 Å². The van der Waals surface area contributed by atoms with E-state index in [1.807, 2.05) is 20.8 Å². The number of nitrogens with zero attached hydrogens (tertiary/aromatic N) is 2. The number of allylic oxidation sites excluding steroid dienone is 1. The first-order valence-electron chi connectivity index (χ1n) is 5.56. The zero-order valence-corrected chi connectivity index (χ0v) is 12.6. The number of nitriles is 1. The highest BCUT2D eigenvalue weighted by molar-refractivity contribution is 7.96. The molecule has 0 atom stereocenters. The van der Waals surface area contributed by atoms with Crippen LogP contribution in [0.25, 0.3) is 0 Å². The van der Waals surface area contributed by atoms with Crippen LogP contribution < -0.4 is 5.43 Å². The van der Waals surface area contributed by atoms with Crippen molar-refractivity contribution in [1.29, 1.82) is 5.26 Å². The number of hydrogen-bond acceptors (Lipinski definition) is 5. The lowest BCUT2D eigenvalue weighted by molar-refractivity contribution is 0.568. The zero-order chi connectivity index (χ0) is 14.6. The number of hydrazone groups is 1. The van der Waals surface area contributed by atoms with Gasteiger partial charge in [0.2, 0.25) is 0 Å². The van der Waals surface area contributed by atoms with E-state index in [-0.39, 0.29) is 10.3 Å². The Morgan fingerprint density at radius 3 is 2.06 bits per heavy atom. The molecule has 0 spiro atoms. The lowest BCUT2D eigenvalue weighted by Gasteiger charge is -2.17. The maximum absolute atomic E-state index is 12.0. The first-order valence-corrected chi connectivity index (χ1v) is 7.05. The average molecular weight is 271 g/mol. The SMILES string of the molecule is CC(C)(C)/C=N\N/C=C(\C#N)S(=O)(=O)C(C)(C)C. The highest BCUT2D eigenvalue weighted by Gasteiger charge is 2.33.